The van der Waals surface area contributed by atoms with Crippen molar-refractivity contribution in [3.63, 3.8) is 0 Å². The molecule has 0 saturated carbocycles. The predicted molar refractivity (Wildman–Crippen MR) is 49.2 cm³/mol. The molecule has 2 unspecified atom stereocenters. The zero-order valence-corrected chi connectivity index (χ0v) is 7.66. The van der Waals surface area contributed by atoms with Gasteiger partial charge in [0.25, 0.3) is 0 Å². The molecule has 0 amide bonds. The Morgan fingerprint density at radius 1 is 1.20 bits per heavy atom. The van der Waals surface area contributed by atoms with Crippen LogP contribution >= 0.6 is 11.8 Å². The lowest BCUT2D eigenvalue weighted by Crippen LogP contribution is -2.19. The van der Waals surface area contributed by atoms with Gasteiger partial charge in [-0.25, -0.2) is 0 Å². The highest BCUT2D eigenvalue weighted by Gasteiger charge is 1.96. The fraction of sp³-hybridized carbons (Fsp3) is 1.00. The van der Waals surface area contributed by atoms with E-state index < -0.39 is 0 Å². The first kappa shape index (κ1) is 10.3. The Bertz CT molecular complexity index is 64.0. The third-order valence-electron chi connectivity index (χ3n) is 1.10. The van der Waals surface area contributed by atoms with Crippen LogP contribution in [0.3, 0.4) is 0 Å². The molecule has 0 aromatic carbocycles. The Morgan fingerprint density at radius 3 is 2.20 bits per heavy atom. The first-order valence-corrected chi connectivity index (χ1v) is 4.87. The normalized spacial score (nSPS) is 16.8. The van der Waals surface area contributed by atoms with Gasteiger partial charge < -0.3 is 11.5 Å². The summed E-state index contributed by atoms with van der Waals surface area (Å²) in [6.07, 6.45) is 1.09. The number of rotatable bonds is 5. The average Bonchev–Trinajstić information content (AvgIpc) is 1.79. The van der Waals surface area contributed by atoms with Crippen molar-refractivity contribution in [3.05, 3.63) is 0 Å². The lowest BCUT2D eigenvalue weighted by Gasteiger charge is -2.05. The van der Waals surface area contributed by atoms with Crippen molar-refractivity contribution >= 4 is 11.8 Å². The minimum absolute atomic E-state index is 0.318. The van der Waals surface area contributed by atoms with E-state index in [2.05, 4.69) is 0 Å². The summed E-state index contributed by atoms with van der Waals surface area (Å²) in [4.78, 5) is 0. The number of thioether (sulfide) groups is 1. The lowest BCUT2D eigenvalue weighted by molar-refractivity contribution is 0.720. The minimum atomic E-state index is 0.318. The molecule has 0 aliphatic carbocycles. The van der Waals surface area contributed by atoms with Crippen LogP contribution in [0.15, 0.2) is 0 Å². The molecule has 0 rings (SSSR count). The van der Waals surface area contributed by atoms with E-state index in [0.29, 0.717) is 12.1 Å². The Morgan fingerprint density at radius 2 is 1.80 bits per heavy atom. The van der Waals surface area contributed by atoms with Gasteiger partial charge in [0.15, 0.2) is 0 Å². The number of hydrogen-bond donors (Lipinski definition) is 2. The molecule has 0 saturated heterocycles. The Kier molecular flexibility index (Phi) is 6.17. The summed E-state index contributed by atoms with van der Waals surface area (Å²) in [6.45, 7) is 4.06. The minimum Gasteiger partial charge on any atom is -0.328 e. The molecule has 0 aromatic rings. The molecule has 0 heterocycles. The van der Waals surface area contributed by atoms with Crippen LogP contribution in [0.1, 0.15) is 20.3 Å². The molecule has 10 heavy (non-hydrogen) atoms. The van der Waals surface area contributed by atoms with E-state index in [1.54, 1.807) is 0 Å². The summed E-state index contributed by atoms with van der Waals surface area (Å²) in [5.74, 6) is 2.19. The average molecular weight is 162 g/mol. The molecule has 0 radical (unpaired) electrons. The molecule has 2 atom stereocenters. The maximum atomic E-state index is 5.56. The van der Waals surface area contributed by atoms with Crippen molar-refractivity contribution in [1.29, 1.82) is 0 Å². The van der Waals surface area contributed by atoms with Crippen LogP contribution in [0.5, 0.6) is 0 Å². The second-order valence-electron chi connectivity index (χ2n) is 2.82. The molecular weight excluding hydrogens is 144 g/mol. The third-order valence-corrected chi connectivity index (χ3v) is 2.38. The summed E-state index contributed by atoms with van der Waals surface area (Å²) in [6, 6.07) is 0.652. The monoisotopic (exact) mass is 162 g/mol. The quantitative estimate of drug-likeness (QED) is 0.588. The molecule has 4 N–H and O–H groups in total. The largest absolute Gasteiger partial charge is 0.328 e. The van der Waals surface area contributed by atoms with E-state index in [9.17, 15) is 0 Å². The number of hydrogen-bond acceptors (Lipinski definition) is 3. The molecule has 0 fully saturated rings. The molecule has 3 heteroatoms. The van der Waals surface area contributed by atoms with Crippen molar-refractivity contribution in [2.45, 2.75) is 32.4 Å². The molecular formula is C7H18N2S. The van der Waals surface area contributed by atoms with Crippen molar-refractivity contribution in [2.24, 2.45) is 11.5 Å². The molecule has 0 spiro atoms. The van der Waals surface area contributed by atoms with Gasteiger partial charge in [0.05, 0.1) is 0 Å². The van der Waals surface area contributed by atoms with Crippen LogP contribution in [-0.2, 0) is 0 Å². The molecule has 0 bridgehead atoms. The smallest absolute Gasteiger partial charge is 0.0101 e. The number of nitrogens with two attached hydrogens (primary N) is 2. The topological polar surface area (TPSA) is 52.0 Å². The van der Waals surface area contributed by atoms with Crippen LogP contribution < -0.4 is 11.5 Å². The second kappa shape index (κ2) is 6.01. The summed E-state index contributed by atoms with van der Waals surface area (Å²) in [5, 5.41) is 0. The predicted octanol–water partition coefficient (Wildman–Crippen LogP) is 0.804. The van der Waals surface area contributed by atoms with Gasteiger partial charge in [-0.05, 0) is 26.0 Å². The molecule has 0 aromatic heterocycles. The first-order valence-electron chi connectivity index (χ1n) is 3.72. The maximum absolute atomic E-state index is 5.56. The SMILES string of the molecule is CC(N)CCSCC(C)N. The standard InChI is InChI=1S/C7H18N2S/c1-6(8)3-4-10-5-7(2)9/h6-7H,3-5,8-9H2,1-2H3. The highest BCUT2D eigenvalue weighted by atomic mass is 32.2. The van der Waals surface area contributed by atoms with Crippen molar-refractivity contribution < 1.29 is 0 Å². The van der Waals surface area contributed by atoms with Crippen LogP contribution in [0.4, 0.5) is 0 Å². The van der Waals surface area contributed by atoms with E-state index >= 15 is 0 Å². The maximum Gasteiger partial charge on any atom is 0.0101 e. The van der Waals surface area contributed by atoms with Gasteiger partial charge in [0.1, 0.15) is 0 Å². The van der Waals surface area contributed by atoms with Gasteiger partial charge >= 0.3 is 0 Å². The Labute approximate surface area is 67.7 Å². The van der Waals surface area contributed by atoms with E-state index in [-0.39, 0.29) is 0 Å². The van der Waals surface area contributed by atoms with Gasteiger partial charge in [-0.1, -0.05) is 0 Å². The highest BCUT2D eigenvalue weighted by molar-refractivity contribution is 7.99. The van der Waals surface area contributed by atoms with Crippen LogP contribution in [0.25, 0.3) is 0 Å². The molecule has 0 aliphatic heterocycles. The van der Waals surface area contributed by atoms with Gasteiger partial charge in [-0.3, -0.25) is 0 Å². The summed E-state index contributed by atoms with van der Waals surface area (Å²) in [7, 11) is 0. The van der Waals surface area contributed by atoms with Gasteiger partial charge in [-0.15, -0.1) is 0 Å². The Hall–Kier alpha value is 0.270. The first-order chi connectivity index (χ1) is 4.63. The summed E-state index contributed by atoms with van der Waals surface area (Å²) in [5.41, 5.74) is 11.1. The van der Waals surface area contributed by atoms with Gasteiger partial charge in [0, 0.05) is 17.8 Å². The van der Waals surface area contributed by atoms with E-state index in [0.717, 1.165) is 17.9 Å². The van der Waals surface area contributed by atoms with Crippen LogP contribution in [0.2, 0.25) is 0 Å². The summed E-state index contributed by atoms with van der Waals surface area (Å²) < 4.78 is 0. The highest BCUT2D eigenvalue weighted by Crippen LogP contribution is 2.04. The van der Waals surface area contributed by atoms with Crippen molar-refractivity contribution in [2.75, 3.05) is 11.5 Å². The zero-order chi connectivity index (χ0) is 7.98. The molecule has 2 nitrogen and oxygen atoms in total. The summed E-state index contributed by atoms with van der Waals surface area (Å²) >= 11 is 1.88. The van der Waals surface area contributed by atoms with Crippen molar-refractivity contribution in [1.82, 2.24) is 0 Å². The zero-order valence-electron chi connectivity index (χ0n) is 6.84. The lowest BCUT2D eigenvalue weighted by atomic mass is 10.3. The molecule has 62 valence electrons. The van der Waals surface area contributed by atoms with Gasteiger partial charge in [-0.2, -0.15) is 11.8 Å². The third kappa shape index (κ3) is 8.27. The van der Waals surface area contributed by atoms with Crippen LogP contribution in [-0.4, -0.2) is 23.6 Å². The van der Waals surface area contributed by atoms with E-state index in [4.69, 9.17) is 11.5 Å². The second-order valence-corrected chi connectivity index (χ2v) is 3.97. The Balaban J connectivity index is 2.91. The molecule has 0 aliphatic rings. The van der Waals surface area contributed by atoms with Crippen LogP contribution in [0, 0.1) is 0 Å². The fourth-order valence-electron chi connectivity index (χ4n) is 0.538. The van der Waals surface area contributed by atoms with Crippen molar-refractivity contribution in [3.8, 4) is 0 Å². The van der Waals surface area contributed by atoms with E-state index in [1.165, 1.54) is 0 Å². The van der Waals surface area contributed by atoms with Gasteiger partial charge in [0.2, 0.25) is 0 Å². The van der Waals surface area contributed by atoms with E-state index in [1.807, 2.05) is 25.6 Å². The fourth-order valence-corrected chi connectivity index (χ4v) is 1.62.